The number of aromatic amines is 1. The molecule has 0 atom stereocenters. The lowest BCUT2D eigenvalue weighted by Crippen LogP contribution is -2.33. The van der Waals surface area contributed by atoms with Gasteiger partial charge in [0, 0.05) is 31.1 Å². The summed E-state index contributed by atoms with van der Waals surface area (Å²) in [6.45, 7) is 4.83. The van der Waals surface area contributed by atoms with Crippen molar-refractivity contribution >= 4 is 29.0 Å². The zero-order valence-corrected chi connectivity index (χ0v) is 19.0. The first-order valence-corrected chi connectivity index (χ1v) is 11.2. The summed E-state index contributed by atoms with van der Waals surface area (Å²) in [6.07, 6.45) is 1.63. The van der Waals surface area contributed by atoms with Gasteiger partial charge in [0.15, 0.2) is 0 Å². The summed E-state index contributed by atoms with van der Waals surface area (Å²) in [5.74, 6) is -0.876. The highest BCUT2D eigenvalue weighted by molar-refractivity contribution is 7.71. The number of aromatic nitrogens is 3. The van der Waals surface area contributed by atoms with Gasteiger partial charge in [-0.1, -0.05) is 24.4 Å². The van der Waals surface area contributed by atoms with E-state index in [1.165, 1.54) is 7.05 Å². The molecule has 1 saturated heterocycles. The number of nitrogens with zero attached hydrogens (tertiary/aromatic N) is 3. The second-order valence-electron chi connectivity index (χ2n) is 8.07. The number of hydrogen-bond acceptors (Lipinski definition) is 5. The van der Waals surface area contributed by atoms with Crippen LogP contribution in [0.1, 0.15) is 47.3 Å². The highest BCUT2D eigenvalue weighted by atomic mass is 32.1. The first-order chi connectivity index (χ1) is 15.4. The van der Waals surface area contributed by atoms with Crippen LogP contribution in [0.25, 0.3) is 10.9 Å². The molecular weight excluding hydrogens is 429 g/mol. The Labute approximate surface area is 190 Å². The summed E-state index contributed by atoms with van der Waals surface area (Å²) in [5.41, 5.74) is 2.32. The molecule has 7 nitrogen and oxygen atoms in total. The number of nitrogens with one attached hydrogen (secondary N) is 2. The fourth-order valence-electron chi connectivity index (χ4n) is 4.35. The summed E-state index contributed by atoms with van der Waals surface area (Å²) in [5, 5.41) is 3.33. The van der Waals surface area contributed by atoms with Crippen molar-refractivity contribution in [3.63, 3.8) is 0 Å². The maximum atomic E-state index is 14.5. The molecule has 4 rings (SSSR count). The van der Waals surface area contributed by atoms with Gasteiger partial charge in [-0.3, -0.25) is 14.3 Å². The molecule has 168 valence electrons. The maximum absolute atomic E-state index is 14.5. The monoisotopic (exact) mass is 455 g/mol. The van der Waals surface area contributed by atoms with Gasteiger partial charge in [0.25, 0.3) is 5.91 Å². The van der Waals surface area contributed by atoms with Crippen LogP contribution in [-0.2, 0) is 13.1 Å². The Morgan fingerprint density at radius 3 is 2.69 bits per heavy atom. The minimum Gasteiger partial charge on any atom is -0.354 e. The highest BCUT2D eigenvalue weighted by Gasteiger charge is 2.24. The number of benzene rings is 1. The zero-order chi connectivity index (χ0) is 22.8. The van der Waals surface area contributed by atoms with Crippen molar-refractivity contribution in [1.29, 1.82) is 0 Å². The molecule has 1 aromatic carbocycles. The van der Waals surface area contributed by atoms with Crippen LogP contribution in [0.5, 0.6) is 0 Å². The number of rotatable bonds is 5. The highest BCUT2D eigenvalue weighted by Crippen LogP contribution is 2.30. The molecular formula is C23H26FN5O2S. The molecule has 3 heterocycles. The van der Waals surface area contributed by atoms with Crippen molar-refractivity contribution in [2.45, 2.75) is 38.8 Å². The van der Waals surface area contributed by atoms with Crippen LogP contribution in [0.3, 0.4) is 0 Å². The largest absolute Gasteiger partial charge is 0.354 e. The molecule has 2 N–H and O–H groups in total. The number of H-pyrrole nitrogens is 1. The molecule has 0 saturated carbocycles. The summed E-state index contributed by atoms with van der Waals surface area (Å²) in [7, 11) is 1.50. The summed E-state index contributed by atoms with van der Waals surface area (Å²) in [4.78, 5) is 33.0. The van der Waals surface area contributed by atoms with E-state index >= 15 is 0 Å². The minimum absolute atomic E-state index is 0.0812. The number of fused-ring (bicyclic) bond motifs is 1. The van der Waals surface area contributed by atoms with Gasteiger partial charge < -0.3 is 10.3 Å². The van der Waals surface area contributed by atoms with Crippen LogP contribution in [-0.4, -0.2) is 45.5 Å². The molecule has 0 radical (unpaired) electrons. The molecule has 1 aliphatic heterocycles. The first kappa shape index (κ1) is 22.3. The smallest absolute Gasteiger partial charge is 0.326 e. The summed E-state index contributed by atoms with van der Waals surface area (Å²) in [6, 6.07) is 9.26. The van der Waals surface area contributed by atoms with E-state index in [-0.39, 0.29) is 17.3 Å². The zero-order valence-electron chi connectivity index (χ0n) is 18.2. The van der Waals surface area contributed by atoms with Crippen LogP contribution in [0, 0.1) is 10.6 Å². The van der Waals surface area contributed by atoms with Crippen LogP contribution in [0.2, 0.25) is 0 Å². The Balaban J connectivity index is 1.44. The van der Waals surface area contributed by atoms with Crippen molar-refractivity contribution in [3.8, 4) is 0 Å². The Kier molecular flexibility index (Phi) is 6.48. The molecule has 1 amide bonds. The van der Waals surface area contributed by atoms with Crippen LogP contribution in [0.4, 0.5) is 4.39 Å². The molecule has 9 heteroatoms. The maximum Gasteiger partial charge on any atom is 0.326 e. The van der Waals surface area contributed by atoms with Crippen molar-refractivity contribution in [1.82, 2.24) is 24.8 Å². The third-order valence-electron chi connectivity index (χ3n) is 6.13. The van der Waals surface area contributed by atoms with Crippen LogP contribution >= 0.6 is 12.2 Å². The second-order valence-corrected chi connectivity index (χ2v) is 8.45. The van der Waals surface area contributed by atoms with E-state index in [1.54, 1.807) is 16.7 Å². The third kappa shape index (κ3) is 4.35. The lowest BCUT2D eigenvalue weighted by atomic mass is 9.90. The number of halogens is 1. The number of carbonyl (C=O) groups excluding carboxylic acids is 1. The predicted molar refractivity (Wildman–Crippen MR) is 124 cm³/mol. The van der Waals surface area contributed by atoms with E-state index in [0.717, 1.165) is 48.9 Å². The van der Waals surface area contributed by atoms with E-state index in [0.29, 0.717) is 16.7 Å². The summed E-state index contributed by atoms with van der Waals surface area (Å²) >= 11 is 5.46. The van der Waals surface area contributed by atoms with Crippen molar-refractivity contribution in [2.75, 3.05) is 20.1 Å². The number of hydrogen-bond donors (Lipinski definition) is 2. The van der Waals surface area contributed by atoms with Crippen molar-refractivity contribution in [3.05, 3.63) is 68.2 Å². The van der Waals surface area contributed by atoms with E-state index in [2.05, 4.69) is 20.2 Å². The minimum atomic E-state index is -0.563. The average molecular weight is 456 g/mol. The number of likely N-dealkylation sites (tertiary alicyclic amines) is 1. The van der Waals surface area contributed by atoms with Gasteiger partial charge in [-0.2, -0.15) is 4.39 Å². The second kappa shape index (κ2) is 9.30. The number of amides is 1. The molecule has 0 bridgehead atoms. The normalized spacial score (nSPS) is 15.2. The van der Waals surface area contributed by atoms with E-state index < -0.39 is 11.9 Å². The fourth-order valence-corrected chi connectivity index (χ4v) is 4.74. The van der Waals surface area contributed by atoms with Gasteiger partial charge in [0.1, 0.15) is 10.3 Å². The molecule has 0 unspecified atom stereocenters. The predicted octanol–water partition coefficient (Wildman–Crippen LogP) is 3.35. The number of piperidine rings is 1. The van der Waals surface area contributed by atoms with Crippen LogP contribution in [0.15, 0.2) is 35.1 Å². The fraction of sp³-hybridized carbons (Fsp3) is 0.391. The average Bonchev–Trinajstić information content (AvgIpc) is 2.79. The van der Waals surface area contributed by atoms with Crippen LogP contribution < -0.4 is 11.0 Å². The van der Waals surface area contributed by atoms with Gasteiger partial charge in [0.05, 0.1) is 5.52 Å². The van der Waals surface area contributed by atoms with E-state index in [1.807, 2.05) is 25.1 Å². The Morgan fingerprint density at radius 2 is 2.03 bits per heavy atom. The first-order valence-electron chi connectivity index (χ1n) is 10.8. The standard InChI is InChI=1S/C23H26FN5O2S/c1-3-29-22(32)17-5-4-14(12-19(17)27-23(29)31)13-28-10-8-15(9-11-28)16-6-7-18(21(30)25-2)26-20(16)24/h4-7,12,15H,3,8-11,13H2,1-2H3,(H,25,30)(H,27,31). The number of carbonyl (C=O) groups is 1. The Hall–Kier alpha value is -2.91. The van der Waals surface area contributed by atoms with E-state index in [9.17, 15) is 14.0 Å². The molecule has 2 aromatic heterocycles. The van der Waals surface area contributed by atoms with Gasteiger partial charge in [0.2, 0.25) is 5.95 Å². The molecule has 3 aromatic rings. The van der Waals surface area contributed by atoms with Crippen molar-refractivity contribution in [2.24, 2.45) is 0 Å². The Bertz CT molecular complexity index is 1280. The third-order valence-corrected chi connectivity index (χ3v) is 6.57. The van der Waals surface area contributed by atoms with E-state index in [4.69, 9.17) is 12.2 Å². The topological polar surface area (TPSA) is 83.0 Å². The quantitative estimate of drug-likeness (QED) is 0.455. The van der Waals surface area contributed by atoms with Gasteiger partial charge in [-0.15, -0.1) is 0 Å². The molecule has 0 spiro atoms. The van der Waals surface area contributed by atoms with Gasteiger partial charge >= 0.3 is 5.69 Å². The molecule has 32 heavy (non-hydrogen) atoms. The lowest BCUT2D eigenvalue weighted by molar-refractivity contribution is 0.0957. The van der Waals surface area contributed by atoms with Gasteiger partial charge in [-0.25, -0.2) is 9.78 Å². The molecule has 0 aliphatic carbocycles. The lowest BCUT2D eigenvalue weighted by Gasteiger charge is -2.32. The summed E-state index contributed by atoms with van der Waals surface area (Å²) < 4.78 is 16.6. The molecule has 1 fully saturated rings. The van der Waals surface area contributed by atoms with Gasteiger partial charge in [-0.05, 0) is 62.5 Å². The Morgan fingerprint density at radius 1 is 1.28 bits per heavy atom. The SMILES string of the molecule is CCn1c(=O)[nH]c2cc(CN3CCC(c4ccc(C(=O)NC)nc4F)CC3)ccc2c1=S. The van der Waals surface area contributed by atoms with Crippen molar-refractivity contribution < 1.29 is 9.18 Å². The number of pyridine rings is 1. The molecule has 1 aliphatic rings.